The first-order valence-electron chi connectivity index (χ1n) is 8.81. The number of carbonyl (C=O) groups excluding carboxylic acids is 1. The van der Waals surface area contributed by atoms with Gasteiger partial charge < -0.3 is 14.7 Å². The molecule has 3 aliphatic heterocycles. The SMILES string of the molecule is [C-]#[N+]C(=CC(C)(C)N1CCOCC1)C(=O)N1C2CCC1(CO)CC2. The van der Waals surface area contributed by atoms with E-state index in [0.29, 0.717) is 13.2 Å². The zero-order valence-corrected chi connectivity index (χ0v) is 14.6. The average Bonchev–Trinajstić information content (AvgIpc) is 3.16. The molecule has 0 radical (unpaired) electrons. The number of aliphatic hydroxyl groups is 1. The summed E-state index contributed by atoms with van der Waals surface area (Å²) < 4.78 is 5.39. The van der Waals surface area contributed by atoms with Crippen LogP contribution in [0.5, 0.6) is 0 Å². The lowest BCUT2D eigenvalue weighted by Gasteiger charge is -2.39. The molecule has 0 aromatic carbocycles. The Bertz CT molecular complexity index is 565. The minimum atomic E-state index is -0.436. The fourth-order valence-corrected chi connectivity index (χ4v) is 4.47. The molecule has 3 heterocycles. The monoisotopic (exact) mass is 333 g/mol. The zero-order valence-electron chi connectivity index (χ0n) is 14.6. The Labute approximate surface area is 143 Å². The molecule has 2 bridgehead atoms. The Balaban J connectivity index is 1.83. The number of fused-ring (bicyclic) bond motifs is 2. The molecule has 0 aliphatic carbocycles. The number of ether oxygens (including phenoxy) is 1. The summed E-state index contributed by atoms with van der Waals surface area (Å²) in [5, 5.41) is 9.84. The molecule has 0 aromatic heterocycles. The maximum atomic E-state index is 13.1. The predicted octanol–water partition coefficient (Wildman–Crippen LogP) is 1.42. The van der Waals surface area contributed by atoms with Crippen LogP contribution in [0.3, 0.4) is 0 Å². The van der Waals surface area contributed by atoms with Crippen LogP contribution in [0, 0.1) is 6.57 Å². The van der Waals surface area contributed by atoms with E-state index in [-0.39, 0.29) is 29.8 Å². The summed E-state index contributed by atoms with van der Waals surface area (Å²) >= 11 is 0. The van der Waals surface area contributed by atoms with Crippen molar-refractivity contribution in [3.05, 3.63) is 23.2 Å². The molecular formula is C18H27N3O3. The molecule has 3 saturated heterocycles. The van der Waals surface area contributed by atoms with Crippen molar-refractivity contribution in [2.45, 2.75) is 56.7 Å². The molecule has 6 heteroatoms. The maximum absolute atomic E-state index is 13.1. The summed E-state index contributed by atoms with van der Waals surface area (Å²) in [6.45, 7) is 14.6. The minimum absolute atomic E-state index is 0.00657. The molecule has 1 N–H and O–H groups in total. The Hall–Kier alpha value is -1.42. The highest BCUT2D eigenvalue weighted by Gasteiger charge is 2.53. The van der Waals surface area contributed by atoms with Gasteiger partial charge in [-0.2, -0.15) is 0 Å². The molecular weight excluding hydrogens is 306 g/mol. The molecule has 0 atom stereocenters. The summed E-state index contributed by atoms with van der Waals surface area (Å²) in [6, 6.07) is 0.182. The average molecular weight is 333 g/mol. The van der Waals surface area contributed by atoms with Crippen molar-refractivity contribution in [2.75, 3.05) is 32.9 Å². The van der Waals surface area contributed by atoms with E-state index in [9.17, 15) is 9.90 Å². The quantitative estimate of drug-likeness (QED) is 0.624. The molecule has 0 unspecified atom stereocenters. The summed E-state index contributed by atoms with van der Waals surface area (Å²) in [4.78, 5) is 20.7. The summed E-state index contributed by atoms with van der Waals surface area (Å²) in [7, 11) is 0. The lowest BCUT2D eigenvalue weighted by Crippen LogP contribution is -2.50. The second kappa shape index (κ2) is 6.47. The molecule has 3 rings (SSSR count). The highest BCUT2D eigenvalue weighted by Crippen LogP contribution is 2.46. The standard InChI is InChI=1S/C18H27N3O3/c1-17(2,20-8-10-24-11-9-20)12-15(19-3)16(23)21-14-4-6-18(21,13-22)7-5-14/h12,14,22H,4-11,13H2,1-2H3. The van der Waals surface area contributed by atoms with Gasteiger partial charge in [0.2, 0.25) is 5.70 Å². The molecule has 6 nitrogen and oxygen atoms in total. The number of amides is 1. The third kappa shape index (κ3) is 2.85. The van der Waals surface area contributed by atoms with E-state index in [1.807, 2.05) is 18.7 Å². The first-order chi connectivity index (χ1) is 11.4. The van der Waals surface area contributed by atoms with Crippen molar-refractivity contribution in [3.63, 3.8) is 0 Å². The highest BCUT2D eigenvalue weighted by atomic mass is 16.5. The number of aliphatic hydroxyl groups excluding tert-OH is 1. The van der Waals surface area contributed by atoms with Crippen LogP contribution in [-0.2, 0) is 9.53 Å². The van der Waals surface area contributed by atoms with Crippen LogP contribution in [0.15, 0.2) is 11.8 Å². The number of nitrogens with zero attached hydrogens (tertiary/aromatic N) is 3. The summed E-state index contributed by atoms with van der Waals surface area (Å²) in [5.41, 5.74) is -0.628. The third-order valence-corrected chi connectivity index (χ3v) is 5.93. The normalized spacial score (nSPS) is 31.3. The molecule has 0 aromatic rings. The van der Waals surface area contributed by atoms with Gasteiger partial charge >= 0.3 is 0 Å². The van der Waals surface area contributed by atoms with Gasteiger partial charge in [-0.25, -0.2) is 4.85 Å². The minimum Gasteiger partial charge on any atom is -0.394 e. The van der Waals surface area contributed by atoms with Crippen molar-refractivity contribution >= 4 is 5.91 Å². The number of carbonyl (C=O) groups is 1. The Morgan fingerprint density at radius 2 is 2.00 bits per heavy atom. The van der Waals surface area contributed by atoms with Crippen molar-refractivity contribution in [3.8, 4) is 0 Å². The van der Waals surface area contributed by atoms with Gasteiger partial charge in [0, 0.05) is 24.7 Å². The number of rotatable bonds is 4. The molecule has 132 valence electrons. The van der Waals surface area contributed by atoms with Crippen LogP contribution >= 0.6 is 0 Å². The number of hydrogen-bond acceptors (Lipinski definition) is 4. The van der Waals surface area contributed by atoms with Crippen molar-refractivity contribution in [1.82, 2.24) is 9.80 Å². The second-order valence-electron chi connectivity index (χ2n) is 7.68. The van der Waals surface area contributed by atoms with E-state index in [4.69, 9.17) is 11.3 Å². The van der Waals surface area contributed by atoms with Crippen LogP contribution < -0.4 is 0 Å². The maximum Gasteiger partial charge on any atom is 0.253 e. The summed E-state index contributed by atoms with van der Waals surface area (Å²) in [5.74, 6) is -0.208. The van der Waals surface area contributed by atoms with E-state index in [1.165, 1.54) is 0 Å². The van der Waals surface area contributed by atoms with Crippen molar-refractivity contribution in [1.29, 1.82) is 0 Å². The zero-order chi connectivity index (χ0) is 17.4. The molecule has 3 fully saturated rings. The van der Waals surface area contributed by atoms with Gasteiger partial charge in [0.15, 0.2) is 0 Å². The van der Waals surface area contributed by atoms with Crippen LogP contribution in [0.2, 0.25) is 0 Å². The number of hydrogen-bond donors (Lipinski definition) is 1. The fraction of sp³-hybridized carbons (Fsp3) is 0.778. The third-order valence-electron chi connectivity index (χ3n) is 5.93. The van der Waals surface area contributed by atoms with Crippen LogP contribution in [-0.4, -0.2) is 70.8 Å². The van der Waals surface area contributed by atoms with Gasteiger partial charge in [-0.05, 0) is 39.5 Å². The van der Waals surface area contributed by atoms with E-state index in [1.54, 1.807) is 6.08 Å². The number of morpholine rings is 1. The van der Waals surface area contributed by atoms with E-state index in [0.717, 1.165) is 38.8 Å². The van der Waals surface area contributed by atoms with Crippen LogP contribution in [0.4, 0.5) is 0 Å². The Morgan fingerprint density at radius 3 is 2.54 bits per heavy atom. The second-order valence-corrected chi connectivity index (χ2v) is 7.68. The molecule has 0 spiro atoms. The predicted molar refractivity (Wildman–Crippen MR) is 90.1 cm³/mol. The largest absolute Gasteiger partial charge is 0.394 e. The van der Waals surface area contributed by atoms with Gasteiger partial charge in [-0.1, -0.05) is 6.08 Å². The topological polar surface area (TPSA) is 57.4 Å². The lowest BCUT2D eigenvalue weighted by atomic mass is 9.88. The fourth-order valence-electron chi connectivity index (χ4n) is 4.47. The first-order valence-corrected chi connectivity index (χ1v) is 8.81. The van der Waals surface area contributed by atoms with Gasteiger partial charge in [0.25, 0.3) is 5.91 Å². The lowest BCUT2D eigenvalue weighted by molar-refractivity contribution is -0.132. The summed E-state index contributed by atoms with van der Waals surface area (Å²) in [6.07, 6.45) is 5.36. The van der Waals surface area contributed by atoms with Crippen molar-refractivity contribution < 1.29 is 14.6 Å². The van der Waals surface area contributed by atoms with Crippen LogP contribution in [0.25, 0.3) is 4.85 Å². The smallest absolute Gasteiger partial charge is 0.253 e. The highest BCUT2D eigenvalue weighted by molar-refractivity contribution is 5.96. The molecule has 3 aliphatic rings. The van der Waals surface area contributed by atoms with Gasteiger partial charge in [-0.3, -0.25) is 9.69 Å². The van der Waals surface area contributed by atoms with E-state index in [2.05, 4.69) is 9.74 Å². The first kappa shape index (κ1) is 17.4. The van der Waals surface area contributed by atoms with E-state index >= 15 is 0 Å². The Morgan fingerprint density at radius 1 is 1.38 bits per heavy atom. The Kier molecular flexibility index (Phi) is 4.69. The van der Waals surface area contributed by atoms with Crippen molar-refractivity contribution in [2.24, 2.45) is 0 Å². The van der Waals surface area contributed by atoms with Gasteiger partial charge in [-0.15, -0.1) is 0 Å². The van der Waals surface area contributed by atoms with Gasteiger partial charge in [0.1, 0.15) is 0 Å². The molecule has 1 amide bonds. The molecule has 0 saturated carbocycles. The van der Waals surface area contributed by atoms with E-state index < -0.39 is 5.54 Å². The van der Waals surface area contributed by atoms with Gasteiger partial charge in [0.05, 0.1) is 31.9 Å². The van der Waals surface area contributed by atoms with Crippen LogP contribution in [0.1, 0.15) is 39.5 Å². The molecule has 24 heavy (non-hydrogen) atoms.